The largest absolute Gasteiger partial charge is 0.380 e. The molecule has 0 aliphatic carbocycles. The summed E-state index contributed by atoms with van der Waals surface area (Å²) in [5, 5.41) is 18.0. The molecule has 1 saturated heterocycles. The van der Waals surface area contributed by atoms with Gasteiger partial charge in [-0.05, 0) is 32.8 Å². The Labute approximate surface area is 139 Å². The SMILES string of the molecule is CCOCCN1CCN(c2nnc(C)c(C)c2C#N)C[C@H]1CC. The van der Waals surface area contributed by atoms with E-state index in [9.17, 15) is 5.26 Å². The predicted molar refractivity (Wildman–Crippen MR) is 90.6 cm³/mol. The number of rotatable bonds is 6. The molecule has 0 aromatic carbocycles. The molecule has 2 heterocycles. The average Bonchev–Trinajstić information content (AvgIpc) is 2.57. The fraction of sp³-hybridized carbons (Fsp3) is 0.706. The molecule has 6 heteroatoms. The van der Waals surface area contributed by atoms with Crippen LogP contribution in [0.3, 0.4) is 0 Å². The summed E-state index contributed by atoms with van der Waals surface area (Å²) in [6.07, 6.45) is 1.07. The van der Waals surface area contributed by atoms with Crippen molar-refractivity contribution in [3.05, 3.63) is 16.8 Å². The van der Waals surface area contributed by atoms with Crippen LogP contribution in [0.15, 0.2) is 0 Å². The maximum Gasteiger partial charge on any atom is 0.169 e. The summed E-state index contributed by atoms with van der Waals surface area (Å²) in [6, 6.07) is 2.77. The van der Waals surface area contributed by atoms with E-state index in [4.69, 9.17) is 4.74 Å². The molecule has 1 atom stereocenters. The van der Waals surface area contributed by atoms with Gasteiger partial charge in [0.05, 0.1) is 12.3 Å². The van der Waals surface area contributed by atoms with Crippen LogP contribution in [0.4, 0.5) is 5.82 Å². The molecule has 0 bridgehead atoms. The summed E-state index contributed by atoms with van der Waals surface area (Å²) in [4.78, 5) is 4.69. The topological polar surface area (TPSA) is 65.3 Å². The molecular weight excluding hydrogens is 290 g/mol. The first-order valence-corrected chi connectivity index (χ1v) is 8.43. The average molecular weight is 317 g/mol. The molecule has 6 nitrogen and oxygen atoms in total. The predicted octanol–water partition coefficient (Wildman–Crippen LogP) is 1.90. The van der Waals surface area contributed by atoms with Crippen molar-refractivity contribution in [2.24, 2.45) is 0 Å². The van der Waals surface area contributed by atoms with E-state index in [2.05, 4.69) is 33.0 Å². The Morgan fingerprint density at radius 3 is 2.70 bits per heavy atom. The van der Waals surface area contributed by atoms with Crippen molar-refractivity contribution in [3.8, 4) is 6.07 Å². The molecule has 0 radical (unpaired) electrons. The van der Waals surface area contributed by atoms with E-state index in [0.717, 1.165) is 62.9 Å². The van der Waals surface area contributed by atoms with Gasteiger partial charge >= 0.3 is 0 Å². The van der Waals surface area contributed by atoms with Gasteiger partial charge in [-0.25, -0.2) is 0 Å². The standard InChI is InChI=1S/C17H27N5O/c1-5-15-12-22(8-7-21(15)9-10-23-6-2)17-16(11-18)13(3)14(4)19-20-17/h15H,5-10,12H2,1-4H3/t15-/m1/s1. The van der Waals surface area contributed by atoms with Gasteiger partial charge in [-0.1, -0.05) is 6.92 Å². The van der Waals surface area contributed by atoms with Gasteiger partial charge in [0.1, 0.15) is 11.6 Å². The van der Waals surface area contributed by atoms with Gasteiger partial charge in [-0.3, -0.25) is 4.90 Å². The summed E-state index contributed by atoms with van der Waals surface area (Å²) in [6.45, 7) is 13.3. The Hall–Kier alpha value is -1.71. The molecule has 1 aromatic heterocycles. The monoisotopic (exact) mass is 317 g/mol. The van der Waals surface area contributed by atoms with Crippen LogP contribution < -0.4 is 4.90 Å². The van der Waals surface area contributed by atoms with Gasteiger partial charge in [0.25, 0.3) is 0 Å². The second kappa shape index (κ2) is 8.23. The third-order valence-electron chi connectivity index (χ3n) is 4.65. The summed E-state index contributed by atoms with van der Waals surface area (Å²) < 4.78 is 5.49. The van der Waals surface area contributed by atoms with Crippen molar-refractivity contribution >= 4 is 5.82 Å². The lowest BCUT2D eigenvalue weighted by molar-refractivity contribution is 0.0868. The zero-order valence-electron chi connectivity index (χ0n) is 14.7. The molecule has 23 heavy (non-hydrogen) atoms. The van der Waals surface area contributed by atoms with Gasteiger partial charge in [-0.15, -0.1) is 5.10 Å². The summed E-state index contributed by atoms with van der Waals surface area (Å²) >= 11 is 0. The van der Waals surface area contributed by atoms with Gasteiger partial charge in [0.15, 0.2) is 5.82 Å². The second-order valence-electron chi connectivity index (χ2n) is 5.96. The van der Waals surface area contributed by atoms with Crippen molar-refractivity contribution in [1.29, 1.82) is 5.26 Å². The molecule has 1 aliphatic rings. The minimum atomic E-state index is 0.458. The van der Waals surface area contributed by atoms with E-state index in [0.29, 0.717) is 11.6 Å². The molecule has 0 saturated carbocycles. The highest BCUT2D eigenvalue weighted by Crippen LogP contribution is 2.24. The maximum absolute atomic E-state index is 9.50. The number of anilines is 1. The fourth-order valence-electron chi connectivity index (χ4n) is 3.04. The van der Waals surface area contributed by atoms with E-state index in [1.807, 2.05) is 20.8 Å². The molecule has 1 fully saturated rings. The lowest BCUT2D eigenvalue weighted by atomic mass is 10.1. The molecule has 2 rings (SSSR count). The van der Waals surface area contributed by atoms with Crippen molar-refractivity contribution in [2.75, 3.05) is 44.3 Å². The first-order valence-electron chi connectivity index (χ1n) is 8.43. The second-order valence-corrected chi connectivity index (χ2v) is 5.96. The summed E-state index contributed by atoms with van der Waals surface area (Å²) in [5.74, 6) is 0.735. The number of aromatic nitrogens is 2. The van der Waals surface area contributed by atoms with Gasteiger partial charge in [-0.2, -0.15) is 10.4 Å². The van der Waals surface area contributed by atoms with Crippen LogP contribution in [0.2, 0.25) is 0 Å². The summed E-state index contributed by atoms with van der Waals surface area (Å²) in [5.41, 5.74) is 2.42. The Kier molecular flexibility index (Phi) is 6.31. The van der Waals surface area contributed by atoms with E-state index >= 15 is 0 Å². The Bertz CT molecular complexity index is 569. The molecule has 1 aromatic rings. The normalized spacial score (nSPS) is 18.9. The molecule has 1 aliphatic heterocycles. The lowest BCUT2D eigenvalue weighted by Gasteiger charge is -2.41. The smallest absolute Gasteiger partial charge is 0.169 e. The van der Waals surface area contributed by atoms with Crippen LogP contribution in [0.25, 0.3) is 0 Å². The summed E-state index contributed by atoms with van der Waals surface area (Å²) in [7, 11) is 0. The van der Waals surface area contributed by atoms with E-state index in [-0.39, 0.29) is 0 Å². The van der Waals surface area contributed by atoms with Crippen LogP contribution in [-0.4, -0.2) is 60.5 Å². The van der Waals surface area contributed by atoms with Crippen LogP contribution >= 0.6 is 0 Å². The number of nitriles is 1. The Morgan fingerprint density at radius 1 is 1.26 bits per heavy atom. The zero-order valence-corrected chi connectivity index (χ0v) is 14.7. The zero-order chi connectivity index (χ0) is 16.8. The number of aryl methyl sites for hydroxylation is 1. The van der Waals surface area contributed by atoms with Crippen molar-refractivity contribution in [2.45, 2.75) is 40.2 Å². The van der Waals surface area contributed by atoms with Crippen molar-refractivity contribution in [3.63, 3.8) is 0 Å². The quantitative estimate of drug-likeness (QED) is 0.747. The maximum atomic E-state index is 9.50. The minimum Gasteiger partial charge on any atom is -0.380 e. The van der Waals surface area contributed by atoms with Crippen LogP contribution in [0.5, 0.6) is 0 Å². The highest BCUT2D eigenvalue weighted by molar-refractivity contribution is 5.57. The third kappa shape index (κ3) is 3.98. The third-order valence-corrected chi connectivity index (χ3v) is 4.65. The van der Waals surface area contributed by atoms with Crippen LogP contribution in [0.1, 0.15) is 37.1 Å². The molecular formula is C17H27N5O. The first kappa shape index (κ1) is 17.6. The van der Waals surface area contributed by atoms with Gasteiger partial charge in [0.2, 0.25) is 0 Å². The highest BCUT2D eigenvalue weighted by Gasteiger charge is 2.28. The van der Waals surface area contributed by atoms with E-state index in [1.165, 1.54) is 0 Å². The molecule has 126 valence electrons. The van der Waals surface area contributed by atoms with E-state index < -0.39 is 0 Å². The molecule has 0 N–H and O–H groups in total. The number of hydrogen-bond acceptors (Lipinski definition) is 6. The lowest BCUT2D eigenvalue weighted by Crippen LogP contribution is -2.54. The van der Waals surface area contributed by atoms with Gasteiger partial charge in [0, 0.05) is 38.8 Å². The number of piperazine rings is 1. The van der Waals surface area contributed by atoms with Crippen molar-refractivity contribution in [1.82, 2.24) is 15.1 Å². The number of ether oxygens (including phenoxy) is 1. The Morgan fingerprint density at radius 2 is 2.04 bits per heavy atom. The number of nitrogens with zero attached hydrogens (tertiary/aromatic N) is 5. The van der Waals surface area contributed by atoms with Crippen LogP contribution in [0, 0.1) is 25.2 Å². The fourth-order valence-corrected chi connectivity index (χ4v) is 3.04. The van der Waals surface area contributed by atoms with Gasteiger partial charge < -0.3 is 9.64 Å². The molecule has 0 unspecified atom stereocenters. The molecule has 0 spiro atoms. The Balaban J connectivity index is 2.12. The van der Waals surface area contributed by atoms with E-state index in [1.54, 1.807) is 0 Å². The first-order chi connectivity index (χ1) is 11.1. The molecule has 0 amide bonds. The minimum absolute atomic E-state index is 0.458. The number of hydrogen-bond donors (Lipinski definition) is 0. The highest BCUT2D eigenvalue weighted by atomic mass is 16.5. The van der Waals surface area contributed by atoms with Crippen molar-refractivity contribution < 1.29 is 4.74 Å². The van der Waals surface area contributed by atoms with Crippen LogP contribution in [-0.2, 0) is 4.74 Å².